The Kier molecular flexibility index (Phi) is 6.90. The van der Waals surface area contributed by atoms with E-state index in [1.807, 2.05) is 12.1 Å². The van der Waals surface area contributed by atoms with Crippen LogP contribution in [0.1, 0.15) is 0 Å². The summed E-state index contributed by atoms with van der Waals surface area (Å²) in [5, 5.41) is 1.09. The molecule has 0 unspecified atom stereocenters. The molecule has 22 heavy (non-hydrogen) atoms. The number of benzene rings is 2. The third-order valence-corrected chi connectivity index (χ3v) is 4.92. The monoisotopic (exact) mass is 316 g/mol. The van der Waals surface area contributed by atoms with Crippen LogP contribution in [-0.4, -0.2) is 25.4 Å². The molecule has 0 aromatic heterocycles. The van der Waals surface area contributed by atoms with Gasteiger partial charge in [-0.2, -0.15) is 0 Å². The second kappa shape index (κ2) is 8.67. The Morgan fingerprint density at radius 2 is 1.36 bits per heavy atom. The van der Waals surface area contributed by atoms with Crippen LogP contribution in [0.5, 0.6) is 0 Å². The van der Waals surface area contributed by atoms with Gasteiger partial charge in [0, 0.05) is 29.6 Å². The summed E-state index contributed by atoms with van der Waals surface area (Å²) in [4.78, 5) is 17.1. The standard InChI is InChI=1S/C12H10N3OP.C3H7NO/c13-14-15-17(16,11-7-3-1-4-8-11)12-9-5-2-6-10-12;1-4(2)3-5/h1-10H;3H,1-2H3. The minimum Gasteiger partial charge on any atom is -0.351 e. The molecule has 7 heteroatoms. The van der Waals surface area contributed by atoms with E-state index in [2.05, 4.69) is 9.80 Å². The van der Waals surface area contributed by atoms with Gasteiger partial charge in [-0.1, -0.05) is 60.7 Å². The zero-order valence-corrected chi connectivity index (χ0v) is 13.3. The lowest BCUT2D eigenvalue weighted by molar-refractivity contribution is -0.115. The van der Waals surface area contributed by atoms with E-state index in [1.54, 1.807) is 62.6 Å². The Balaban J connectivity index is 0.000000422. The summed E-state index contributed by atoms with van der Waals surface area (Å²) < 4.78 is 12.8. The fourth-order valence-corrected chi connectivity index (χ4v) is 3.34. The predicted octanol–water partition coefficient (Wildman–Crippen LogP) is 2.93. The van der Waals surface area contributed by atoms with Gasteiger partial charge in [-0.25, -0.2) is 0 Å². The molecule has 0 fully saturated rings. The van der Waals surface area contributed by atoms with Crippen molar-refractivity contribution < 1.29 is 9.36 Å². The van der Waals surface area contributed by atoms with E-state index < -0.39 is 7.29 Å². The highest BCUT2D eigenvalue weighted by atomic mass is 31.2. The molecule has 1 amide bonds. The molecular formula is C15H17N4O2P. The first-order valence-electron chi connectivity index (χ1n) is 6.44. The normalized spacial score (nSPS) is 9.73. The van der Waals surface area contributed by atoms with Crippen LogP contribution in [0.3, 0.4) is 0 Å². The van der Waals surface area contributed by atoms with Gasteiger partial charge in [0.05, 0.1) is 0 Å². The van der Waals surface area contributed by atoms with Gasteiger partial charge in [-0.3, -0.25) is 4.79 Å². The molecule has 0 saturated heterocycles. The predicted molar refractivity (Wildman–Crippen MR) is 88.7 cm³/mol. The van der Waals surface area contributed by atoms with Crippen LogP contribution in [0.2, 0.25) is 0 Å². The zero-order valence-electron chi connectivity index (χ0n) is 12.4. The fourth-order valence-electron chi connectivity index (χ4n) is 1.57. The number of rotatable bonds is 4. The van der Waals surface area contributed by atoms with E-state index in [0.717, 1.165) is 6.41 Å². The van der Waals surface area contributed by atoms with E-state index in [9.17, 15) is 9.36 Å². The van der Waals surface area contributed by atoms with Crippen molar-refractivity contribution in [2.75, 3.05) is 14.1 Å². The molecule has 0 N–H and O–H groups in total. The maximum atomic E-state index is 12.8. The molecule has 0 atom stereocenters. The SMILES string of the molecule is CN(C)C=O.[N-]=[N+]=NP(=O)(c1ccccc1)c1ccccc1. The minimum atomic E-state index is -3.22. The lowest BCUT2D eigenvalue weighted by atomic mass is 10.4. The number of nitrogens with zero attached hydrogens (tertiary/aromatic N) is 4. The molecule has 0 aliphatic rings. The summed E-state index contributed by atoms with van der Waals surface area (Å²) in [5.74, 6) is 0. The van der Waals surface area contributed by atoms with E-state index in [-0.39, 0.29) is 0 Å². The van der Waals surface area contributed by atoms with Gasteiger partial charge in [-0.05, 0) is 10.4 Å². The summed E-state index contributed by atoms with van der Waals surface area (Å²) >= 11 is 0. The first-order chi connectivity index (χ1) is 10.5. The fraction of sp³-hybridized carbons (Fsp3) is 0.133. The van der Waals surface area contributed by atoms with Crippen LogP contribution in [-0.2, 0) is 9.36 Å². The summed E-state index contributed by atoms with van der Waals surface area (Å²) in [7, 11) is 0.159. The van der Waals surface area contributed by atoms with E-state index in [1.165, 1.54) is 4.90 Å². The Labute approximate surface area is 129 Å². The molecular weight excluding hydrogens is 299 g/mol. The summed E-state index contributed by atoms with van der Waals surface area (Å²) in [5.41, 5.74) is 8.61. The number of hydrogen-bond acceptors (Lipinski definition) is 2. The van der Waals surface area contributed by atoms with Crippen LogP contribution >= 0.6 is 7.29 Å². The number of azide groups is 1. The van der Waals surface area contributed by atoms with Gasteiger partial charge in [0.1, 0.15) is 0 Å². The molecule has 6 nitrogen and oxygen atoms in total. The van der Waals surface area contributed by atoms with Crippen molar-refractivity contribution >= 4 is 24.3 Å². The van der Waals surface area contributed by atoms with Crippen molar-refractivity contribution in [3.63, 3.8) is 0 Å². The Bertz CT molecular complexity index is 640. The molecule has 2 aromatic carbocycles. The van der Waals surface area contributed by atoms with E-state index in [4.69, 9.17) is 5.53 Å². The van der Waals surface area contributed by atoms with Gasteiger partial charge in [0.15, 0.2) is 0 Å². The topological polar surface area (TPSA) is 86.1 Å². The summed E-state index contributed by atoms with van der Waals surface area (Å²) in [6.07, 6.45) is 0.750. The zero-order chi connectivity index (χ0) is 16.4. The van der Waals surface area contributed by atoms with Crippen molar-refractivity contribution in [1.82, 2.24) is 4.90 Å². The van der Waals surface area contributed by atoms with Gasteiger partial charge in [0.25, 0.3) is 0 Å². The number of amides is 1. The molecule has 0 aliphatic carbocycles. The van der Waals surface area contributed by atoms with Crippen LogP contribution in [0.4, 0.5) is 0 Å². The first kappa shape index (κ1) is 17.5. The van der Waals surface area contributed by atoms with E-state index >= 15 is 0 Å². The lowest BCUT2D eigenvalue weighted by Crippen LogP contribution is -2.13. The molecule has 0 spiro atoms. The molecule has 2 aromatic rings. The van der Waals surface area contributed by atoms with Gasteiger partial charge >= 0.3 is 0 Å². The van der Waals surface area contributed by atoms with Gasteiger partial charge < -0.3 is 9.46 Å². The van der Waals surface area contributed by atoms with Crippen LogP contribution in [0.15, 0.2) is 65.5 Å². The van der Waals surface area contributed by atoms with Crippen LogP contribution in [0, 0.1) is 0 Å². The second-order valence-corrected chi connectivity index (χ2v) is 6.86. The molecule has 114 valence electrons. The van der Waals surface area contributed by atoms with Crippen molar-refractivity contribution in [1.29, 1.82) is 0 Å². The Morgan fingerprint density at radius 3 is 1.64 bits per heavy atom. The molecule has 0 bridgehead atoms. The van der Waals surface area contributed by atoms with Gasteiger partial charge in [-0.15, -0.1) is 0 Å². The molecule has 0 radical (unpaired) electrons. The Morgan fingerprint density at radius 1 is 1.00 bits per heavy atom. The van der Waals surface area contributed by atoms with Crippen molar-refractivity contribution in [2.24, 2.45) is 4.88 Å². The highest BCUT2D eigenvalue weighted by Gasteiger charge is 2.25. The van der Waals surface area contributed by atoms with Crippen molar-refractivity contribution in [3.05, 3.63) is 71.1 Å². The second-order valence-electron chi connectivity index (χ2n) is 4.50. The highest BCUT2D eigenvalue weighted by molar-refractivity contribution is 7.77. The Hall–Kier alpha value is -2.55. The smallest absolute Gasteiger partial charge is 0.228 e. The van der Waals surface area contributed by atoms with Crippen molar-refractivity contribution in [2.45, 2.75) is 0 Å². The van der Waals surface area contributed by atoms with Crippen LogP contribution < -0.4 is 10.6 Å². The van der Waals surface area contributed by atoms with Crippen LogP contribution in [0.25, 0.3) is 10.4 Å². The third kappa shape index (κ3) is 4.77. The average Bonchev–Trinajstić information content (AvgIpc) is 2.57. The maximum absolute atomic E-state index is 12.8. The van der Waals surface area contributed by atoms with E-state index in [0.29, 0.717) is 10.6 Å². The number of carbonyl (C=O) groups is 1. The molecule has 0 aliphatic heterocycles. The quantitative estimate of drug-likeness (QED) is 0.285. The lowest BCUT2D eigenvalue weighted by Gasteiger charge is -2.12. The summed E-state index contributed by atoms with van der Waals surface area (Å²) in [6, 6.07) is 17.6. The molecule has 0 saturated carbocycles. The largest absolute Gasteiger partial charge is 0.351 e. The number of carbonyl (C=O) groups excluding carboxylic acids is 1. The first-order valence-corrected chi connectivity index (χ1v) is 8.10. The minimum absolute atomic E-state index is 0.545. The molecule has 0 heterocycles. The maximum Gasteiger partial charge on any atom is 0.228 e. The average molecular weight is 316 g/mol. The van der Waals surface area contributed by atoms with Crippen molar-refractivity contribution in [3.8, 4) is 0 Å². The highest BCUT2D eigenvalue weighted by Crippen LogP contribution is 2.44. The number of hydrogen-bond donors (Lipinski definition) is 0. The molecule has 2 rings (SSSR count). The summed E-state index contributed by atoms with van der Waals surface area (Å²) in [6.45, 7) is 0. The van der Waals surface area contributed by atoms with Gasteiger partial charge in [0.2, 0.25) is 13.7 Å². The third-order valence-electron chi connectivity index (χ3n) is 2.59.